The van der Waals surface area contributed by atoms with E-state index in [0.29, 0.717) is 41.8 Å². The van der Waals surface area contributed by atoms with Gasteiger partial charge in [-0.25, -0.2) is 15.0 Å². The Morgan fingerprint density at radius 3 is 2.58 bits per heavy atom. The van der Waals surface area contributed by atoms with Crippen LogP contribution in [0.25, 0.3) is 22.4 Å². The molecule has 3 aromatic heterocycles. The highest BCUT2D eigenvalue weighted by Crippen LogP contribution is 2.24. The van der Waals surface area contributed by atoms with Crippen LogP contribution < -0.4 is 15.2 Å². The molecule has 0 aliphatic rings. The Hall–Kier alpha value is -3.03. The molecule has 0 spiro atoms. The molecule has 24 heavy (non-hydrogen) atoms. The molecule has 3 aromatic rings. The molecule has 3 rings (SSSR count). The van der Waals surface area contributed by atoms with Crippen LogP contribution in [0, 0.1) is 0 Å². The van der Waals surface area contributed by atoms with Gasteiger partial charge in [0.25, 0.3) is 0 Å². The summed E-state index contributed by atoms with van der Waals surface area (Å²) in [6, 6.07) is 3.69. The van der Waals surface area contributed by atoms with Crippen molar-refractivity contribution in [1.82, 2.24) is 24.9 Å². The summed E-state index contributed by atoms with van der Waals surface area (Å²) in [5.41, 5.74) is 7.99. The monoisotopic (exact) mass is 326 g/mol. The molecule has 8 heteroatoms. The molecule has 0 saturated heterocycles. The summed E-state index contributed by atoms with van der Waals surface area (Å²) in [6.45, 7) is 4.99. The first-order valence-electron chi connectivity index (χ1n) is 7.73. The van der Waals surface area contributed by atoms with Crippen LogP contribution in [0.5, 0.6) is 11.8 Å². The lowest BCUT2D eigenvalue weighted by Gasteiger charge is -2.08. The maximum Gasteiger partial charge on any atom is 0.247 e. The van der Waals surface area contributed by atoms with Crippen LogP contribution in [0.4, 0.5) is 5.95 Å². The summed E-state index contributed by atoms with van der Waals surface area (Å²) in [7, 11) is 0. The van der Waals surface area contributed by atoms with Crippen LogP contribution in [0.15, 0.2) is 24.5 Å². The van der Waals surface area contributed by atoms with Crippen molar-refractivity contribution in [3.63, 3.8) is 0 Å². The van der Waals surface area contributed by atoms with Crippen molar-refractivity contribution in [3.8, 4) is 23.0 Å². The summed E-state index contributed by atoms with van der Waals surface area (Å²) < 4.78 is 11.0. The topological polar surface area (TPSA) is 109 Å². The number of ether oxygens (including phenoxy) is 2. The highest BCUT2D eigenvalue weighted by atomic mass is 16.5. The van der Waals surface area contributed by atoms with Crippen molar-refractivity contribution in [2.75, 3.05) is 18.9 Å². The molecule has 0 saturated carbocycles. The largest absolute Gasteiger partial charge is 0.478 e. The number of nitrogen functional groups attached to an aromatic ring is 1. The van der Waals surface area contributed by atoms with Crippen molar-refractivity contribution in [2.24, 2.45) is 0 Å². The van der Waals surface area contributed by atoms with Gasteiger partial charge in [0.2, 0.25) is 17.7 Å². The van der Waals surface area contributed by atoms with E-state index >= 15 is 0 Å². The number of rotatable bonds is 6. The molecule has 0 unspecified atom stereocenters. The van der Waals surface area contributed by atoms with Gasteiger partial charge in [0.15, 0.2) is 11.2 Å². The lowest BCUT2D eigenvalue weighted by molar-refractivity contribution is 0.305. The van der Waals surface area contributed by atoms with E-state index in [2.05, 4.69) is 24.9 Å². The number of hydrogen-bond donors (Lipinski definition) is 1. The van der Waals surface area contributed by atoms with Crippen LogP contribution in [0.2, 0.25) is 0 Å². The van der Waals surface area contributed by atoms with E-state index in [0.717, 1.165) is 12.0 Å². The van der Waals surface area contributed by atoms with Gasteiger partial charge in [0.1, 0.15) is 0 Å². The van der Waals surface area contributed by atoms with E-state index in [-0.39, 0.29) is 5.95 Å². The van der Waals surface area contributed by atoms with Crippen molar-refractivity contribution in [3.05, 3.63) is 24.5 Å². The van der Waals surface area contributed by atoms with Crippen molar-refractivity contribution >= 4 is 17.1 Å². The number of hydrogen-bond acceptors (Lipinski definition) is 8. The third kappa shape index (κ3) is 3.32. The zero-order valence-electron chi connectivity index (χ0n) is 13.6. The Bertz CT molecular complexity index is 838. The van der Waals surface area contributed by atoms with Crippen LogP contribution in [-0.4, -0.2) is 38.1 Å². The van der Waals surface area contributed by atoms with Gasteiger partial charge in [-0.1, -0.05) is 6.92 Å². The number of aromatic nitrogens is 5. The second-order valence-electron chi connectivity index (χ2n) is 4.98. The van der Waals surface area contributed by atoms with Gasteiger partial charge in [-0.05, 0) is 19.4 Å². The molecule has 0 aliphatic heterocycles. The van der Waals surface area contributed by atoms with E-state index in [1.165, 1.54) is 0 Å². The van der Waals surface area contributed by atoms with Crippen LogP contribution >= 0.6 is 0 Å². The molecule has 0 atom stereocenters. The summed E-state index contributed by atoms with van der Waals surface area (Å²) >= 11 is 0. The Morgan fingerprint density at radius 1 is 1.00 bits per heavy atom. The molecule has 0 radical (unpaired) electrons. The minimum Gasteiger partial charge on any atom is -0.478 e. The SMILES string of the molecule is CCCOc1ccc(-c2cnc3nc(N)nc(OCC)c3n2)cn1. The van der Waals surface area contributed by atoms with Gasteiger partial charge in [0.05, 0.1) is 25.1 Å². The van der Waals surface area contributed by atoms with Crippen LogP contribution in [-0.2, 0) is 0 Å². The average molecular weight is 326 g/mol. The van der Waals surface area contributed by atoms with Gasteiger partial charge >= 0.3 is 0 Å². The molecule has 0 aromatic carbocycles. The van der Waals surface area contributed by atoms with Gasteiger partial charge in [-0.3, -0.25) is 0 Å². The fourth-order valence-corrected chi connectivity index (χ4v) is 2.10. The predicted molar refractivity (Wildman–Crippen MR) is 89.7 cm³/mol. The summed E-state index contributed by atoms with van der Waals surface area (Å²) in [4.78, 5) is 21.3. The fourth-order valence-electron chi connectivity index (χ4n) is 2.10. The van der Waals surface area contributed by atoms with Crippen molar-refractivity contribution in [1.29, 1.82) is 0 Å². The lowest BCUT2D eigenvalue weighted by Crippen LogP contribution is -2.04. The van der Waals surface area contributed by atoms with Crippen molar-refractivity contribution in [2.45, 2.75) is 20.3 Å². The molecule has 0 bridgehead atoms. The normalized spacial score (nSPS) is 10.8. The third-order valence-electron chi connectivity index (χ3n) is 3.16. The lowest BCUT2D eigenvalue weighted by atomic mass is 10.2. The maximum absolute atomic E-state index is 5.67. The zero-order valence-corrected chi connectivity index (χ0v) is 13.6. The summed E-state index contributed by atoms with van der Waals surface area (Å²) in [6.07, 6.45) is 4.25. The number of fused-ring (bicyclic) bond motifs is 1. The van der Waals surface area contributed by atoms with Crippen LogP contribution in [0.1, 0.15) is 20.3 Å². The Labute approximate surface area is 139 Å². The minimum atomic E-state index is 0.104. The smallest absolute Gasteiger partial charge is 0.247 e. The number of nitrogens with zero attached hydrogens (tertiary/aromatic N) is 5. The molecule has 8 nitrogen and oxygen atoms in total. The maximum atomic E-state index is 5.67. The molecule has 0 amide bonds. The number of anilines is 1. The van der Waals surface area contributed by atoms with Gasteiger partial charge < -0.3 is 15.2 Å². The Morgan fingerprint density at radius 2 is 1.88 bits per heavy atom. The molecular formula is C16H18N6O2. The second kappa shape index (κ2) is 7.03. The second-order valence-corrected chi connectivity index (χ2v) is 4.98. The predicted octanol–water partition coefficient (Wildman–Crippen LogP) is 2.25. The molecule has 0 aliphatic carbocycles. The first kappa shape index (κ1) is 15.9. The van der Waals surface area contributed by atoms with Crippen molar-refractivity contribution < 1.29 is 9.47 Å². The molecule has 0 fully saturated rings. The van der Waals surface area contributed by atoms with Gasteiger partial charge in [0, 0.05) is 17.8 Å². The van der Waals surface area contributed by atoms with E-state index in [1.54, 1.807) is 18.5 Å². The minimum absolute atomic E-state index is 0.104. The third-order valence-corrected chi connectivity index (χ3v) is 3.16. The van der Waals surface area contributed by atoms with E-state index in [1.807, 2.05) is 19.9 Å². The standard InChI is InChI=1S/C16H18N6O2/c1-3-7-24-12-6-5-10(8-18-12)11-9-19-14-13(20-11)15(23-4-2)22-16(17)21-14/h5-6,8-9H,3-4,7H2,1-2H3,(H2,17,19,21,22). The molecular weight excluding hydrogens is 308 g/mol. The molecule has 2 N–H and O–H groups in total. The number of pyridine rings is 1. The van der Waals surface area contributed by atoms with E-state index in [4.69, 9.17) is 15.2 Å². The Kier molecular flexibility index (Phi) is 4.64. The molecule has 124 valence electrons. The summed E-state index contributed by atoms with van der Waals surface area (Å²) in [5, 5.41) is 0. The first-order valence-corrected chi connectivity index (χ1v) is 7.73. The fraction of sp³-hybridized carbons (Fsp3) is 0.312. The van der Waals surface area contributed by atoms with Gasteiger partial charge in [-0.15, -0.1) is 0 Å². The number of nitrogens with two attached hydrogens (primary N) is 1. The van der Waals surface area contributed by atoms with E-state index < -0.39 is 0 Å². The summed E-state index contributed by atoms with van der Waals surface area (Å²) in [5.74, 6) is 1.01. The first-order chi connectivity index (χ1) is 11.7. The molecule has 3 heterocycles. The quantitative estimate of drug-likeness (QED) is 0.734. The highest BCUT2D eigenvalue weighted by molar-refractivity contribution is 5.79. The average Bonchev–Trinajstić information content (AvgIpc) is 2.60. The van der Waals surface area contributed by atoms with Crippen LogP contribution in [0.3, 0.4) is 0 Å². The highest BCUT2D eigenvalue weighted by Gasteiger charge is 2.12. The zero-order chi connectivity index (χ0) is 16.9. The van der Waals surface area contributed by atoms with E-state index in [9.17, 15) is 0 Å². The van der Waals surface area contributed by atoms with Gasteiger partial charge in [-0.2, -0.15) is 9.97 Å². The Balaban J connectivity index is 1.97.